The van der Waals surface area contributed by atoms with Gasteiger partial charge in [-0.3, -0.25) is 0 Å². The molecule has 0 unspecified atom stereocenters. The fraction of sp³-hybridized carbons (Fsp3) is 0.0769. The largest absolute Gasteiger partial charge is 0.478 e. The first-order valence-corrected chi connectivity index (χ1v) is 5.75. The van der Waals surface area contributed by atoms with Gasteiger partial charge in [0.15, 0.2) is 6.07 Å². The van der Waals surface area contributed by atoms with Gasteiger partial charge in [0.05, 0.1) is 22.1 Å². The van der Waals surface area contributed by atoms with Gasteiger partial charge in [0.25, 0.3) is 0 Å². The zero-order valence-electron chi connectivity index (χ0n) is 8.93. The van der Waals surface area contributed by atoms with E-state index < -0.39 is 0 Å². The summed E-state index contributed by atoms with van der Waals surface area (Å²) >= 11 is 5.52. The van der Waals surface area contributed by atoms with E-state index in [4.69, 9.17) is 16.3 Å². The first kappa shape index (κ1) is 10.3. The Morgan fingerprint density at radius 2 is 1.53 bits per heavy atom. The van der Waals surface area contributed by atoms with Gasteiger partial charge in [-0.15, -0.1) is 0 Å². The molecule has 2 aromatic carbocycles. The summed E-state index contributed by atoms with van der Waals surface area (Å²) in [5, 5.41) is 0. The van der Waals surface area contributed by atoms with Crippen molar-refractivity contribution in [3.63, 3.8) is 0 Å². The van der Waals surface area contributed by atoms with Crippen LogP contribution < -0.4 is 4.74 Å². The maximum atomic E-state index is 5.52. The quantitative estimate of drug-likeness (QED) is 0.512. The minimum absolute atomic E-state index is 0.131. The van der Waals surface area contributed by atoms with E-state index in [9.17, 15) is 0 Å². The van der Waals surface area contributed by atoms with Crippen molar-refractivity contribution >= 4 is 33.7 Å². The molecule has 0 bridgehead atoms. The Kier molecular flexibility index (Phi) is 2.53. The van der Waals surface area contributed by atoms with Crippen LogP contribution in [0.2, 0.25) is 0 Å². The van der Waals surface area contributed by atoms with Crippen molar-refractivity contribution in [1.82, 2.24) is 9.97 Å². The maximum absolute atomic E-state index is 5.52. The zero-order valence-corrected chi connectivity index (χ0v) is 9.69. The molecule has 0 aliphatic heterocycles. The van der Waals surface area contributed by atoms with Crippen LogP contribution in [0, 0.1) is 0 Å². The monoisotopic (exact) mass is 244 g/mol. The van der Waals surface area contributed by atoms with E-state index in [0.29, 0.717) is 5.75 Å². The van der Waals surface area contributed by atoms with Crippen LogP contribution in [0.15, 0.2) is 42.5 Å². The number of alkyl halides is 1. The molecule has 0 fully saturated rings. The van der Waals surface area contributed by atoms with E-state index in [1.807, 2.05) is 42.5 Å². The van der Waals surface area contributed by atoms with Crippen LogP contribution in [0.4, 0.5) is 0 Å². The van der Waals surface area contributed by atoms with Crippen molar-refractivity contribution in [2.45, 2.75) is 0 Å². The lowest BCUT2D eigenvalue weighted by molar-refractivity contribution is 0.388. The standard InChI is InChI=1S/C13H9ClN2O/c14-8-17-9-5-6-12-13(7-9)16-11-4-2-1-3-10(11)15-12/h1-7H,8H2. The average molecular weight is 245 g/mol. The SMILES string of the molecule is ClCOc1ccc2nc3ccccc3nc2c1. The average Bonchev–Trinajstić information content (AvgIpc) is 2.36. The molecule has 1 heterocycles. The van der Waals surface area contributed by atoms with Crippen molar-refractivity contribution < 1.29 is 4.74 Å². The molecule has 17 heavy (non-hydrogen) atoms. The molecule has 3 rings (SSSR count). The van der Waals surface area contributed by atoms with Crippen molar-refractivity contribution in [3.8, 4) is 5.75 Å². The molecule has 0 saturated carbocycles. The molecule has 0 amide bonds. The third kappa shape index (κ3) is 1.89. The van der Waals surface area contributed by atoms with Gasteiger partial charge in [0.1, 0.15) is 5.75 Å². The Hall–Kier alpha value is -1.87. The second-order valence-corrected chi connectivity index (χ2v) is 3.83. The Morgan fingerprint density at radius 1 is 0.882 bits per heavy atom. The summed E-state index contributed by atoms with van der Waals surface area (Å²) in [7, 11) is 0. The van der Waals surface area contributed by atoms with E-state index in [-0.39, 0.29) is 6.07 Å². The normalized spacial score (nSPS) is 10.9. The van der Waals surface area contributed by atoms with Crippen LogP contribution in [0.5, 0.6) is 5.75 Å². The third-order valence-corrected chi connectivity index (χ3v) is 2.64. The van der Waals surface area contributed by atoms with Crippen molar-refractivity contribution in [2.24, 2.45) is 0 Å². The molecule has 1 aromatic heterocycles. The van der Waals surface area contributed by atoms with Gasteiger partial charge in [-0.2, -0.15) is 0 Å². The number of ether oxygens (including phenoxy) is 1. The van der Waals surface area contributed by atoms with Crippen molar-refractivity contribution in [3.05, 3.63) is 42.5 Å². The first-order chi connectivity index (χ1) is 8.36. The lowest BCUT2D eigenvalue weighted by Crippen LogP contribution is -1.91. The molecule has 0 aliphatic rings. The summed E-state index contributed by atoms with van der Waals surface area (Å²) in [5.74, 6) is 0.706. The summed E-state index contributed by atoms with van der Waals surface area (Å²) in [6.45, 7) is 0. The molecule has 0 saturated heterocycles. The predicted molar refractivity (Wildman–Crippen MR) is 68.4 cm³/mol. The van der Waals surface area contributed by atoms with Gasteiger partial charge in [-0.05, 0) is 24.3 Å². The Balaban J connectivity index is 2.25. The molecule has 0 radical (unpaired) electrons. The molecule has 0 atom stereocenters. The van der Waals surface area contributed by atoms with Crippen LogP contribution in [-0.4, -0.2) is 16.0 Å². The van der Waals surface area contributed by atoms with Gasteiger partial charge >= 0.3 is 0 Å². The Morgan fingerprint density at radius 3 is 2.24 bits per heavy atom. The second kappa shape index (κ2) is 4.18. The van der Waals surface area contributed by atoms with Crippen molar-refractivity contribution in [1.29, 1.82) is 0 Å². The van der Waals surface area contributed by atoms with Gasteiger partial charge in [-0.1, -0.05) is 23.7 Å². The predicted octanol–water partition coefficient (Wildman–Crippen LogP) is 3.36. The summed E-state index contributed by atoms with van der Waals surface area (Å²) in [6, 6.07) is 13.5. The van der Waals surface area contributed by atoms with E-state index in [0.717, 1.165) is 22.1 Å². The maximum Gasteiger partial charge on any atom is 0.162 e. The minimum Gasteiger partial charge on any atom is -0.478 e. The zero-order chi connectivity index (χ0) is 11.7. The molecule has 4 heteroatoms. The third-order valence-electron chi connectivity index (χ3n) is 2.53. The highest BCUT2D eigenvalue weighted by molar-refractivity contribution is 6.17. The van der Waals surface area contributed by atoms with Gasteiger partial charge in [-0.25, -0.2) is 9.97 Å². The molecular formula is C13H9ClN2O. The highest BCUT2D eigenvalue weighted by atomic mass is 35.5. The van der Waals surface area contributed by atoms with Crippen LogP contribution in [0.25, 0.3) is 22.1 Å². The second-order valence-electron chi connectivity index (χ2n) is 3.62. The summed E-state index contributed by atoms with van der Waals surface area (Å²) in [6.07, 6.45) is 0. The molecule has 0 N–H and O–H groups in total. The fourth-order valence-electron chi connectivity index (χ4n) is 1.75. The van der Waals surface area contributed by atoms with Gasteiger partial charge in [0, 0.05) is 6.07 Å². The smallest absolute Gasteiger partial charge is 0.162 e. The van der Waals surface area contributed by atoms with Gasteiger partial charge < -0.3 is 4.74 Å². The summed E-state index contributed by atoms with van der Waals surface area (Å²) < 4.78 is 5.22. The molecule has 0 aliphatic carbocycles. The fourth-order valence-corrected chi connectivity index (χ4v) is 1.88. The number of para-hydroxylation sites is 2. The molecular weight excluding hydrogens is 236 g/mol. The number of hydrogen-bond acceptors (Lipinski definition) is 3. The van der Waals surface area contributed by atoms with Gasteiger partial charge in [0.2, 0.25) is 0 Å². The number of halogens is 1. The summed E-state index contributed by atoms with van der Waals surface area (Å²) in [5.41, 5.74) is 3.44. The number of nitrogens with zero attached hydrogens (tertiary/aromatic N) is 2. The highest BCUT2D eigenvalue weighted by Crippen LogP contribution is 2.20. The number of fused-ring (bicyclic) bond motifs is 2. The molecule has 3 aromatic rings. The van der Waals surface area contributed by atoms with Crippen LogP contribution in [0.1, 0.15) is 0 Å². The summed E-state index contributed by atoms with van der Waals surface area (Å²) in [4.78, 5) is 9.06. The lowest BCUT2D eigenvalue weighted by atomic mass is 10.2. The Bertz CT molecular complexity index is 684. The van der Waals surface area contributed by atoms with E-state index in [2.05, 4.69) is 9.97 Å². The lowest BCUT2D eigenvalue weighted by Gasteiger charge is -2.04. The topological polar surface area (TPSA) is 35.0 Å². The van der Waals surface area contributed by atoms with Crippen LogP contribution in [0.3, 0.4) is 0 Å². The Labute approximate surface area is 103 Å². The van der Waals surface area contributed by atoms with Crippen LogP contribution >= 0.6 is 11.6 Å². The number of rotatable bonds is 2. The molecule has 3 nitrogen and oxygen atoms in total. The highest BCUT2D eigenvalue weighted by Gasteiger charge is 2.02. The molecule has 0 spiro atoms. The number of hydrogen-bond donors (Lipinski definition) is 0. The van der Waals surface area contributed by atoms with E-state index >= 15 is 0 Å². The van der Waals surface area contributed by atoms with E-state index in [1.165, 1.54) is 0 Å². The number of benzene rings is 2. The first-order valence-electron chi connectivity index (χ1n) is 5.22. The molecule has 84 valence electrons. The van der Waals surface area contributed by atoms with Crippen molar-refractivity contribution in [2.75, 3.05) is 6.07 Å². The van der Waals surface area contributed by atoms with E-state index in [1.54, 1.807) is 0 Å². The van der Waals surface area contributed by atoms with Crippen LogP contribution in [-0.2, 0) is 0 Å². The minimum atomic E-state index is 0.131. The number of aromatic nitrogens is 2.